The van der Waals surface area contributed by atoms with Crippen molar-refractivity contribution in [2.45, 2.75) is 18.6 Å². The number of carbonyl (C=O) groups excluding carboxylic acids is 1. The third-order valence-electron chi connectivity index (χ3n) is 3.74. The average molecular weight is 346 g/mol. The summed E-state index contributed by atoms with van der Waals surface area (Å²) in [6, 6.07) is 5.73. The molecule has 1 atom stereocenters. The normalized spacial score (nSPS) is 18.0. The molecule has 1 saturated heterocycles. The van der Waals surface area contributed by atoms with Crippen LogP contribution in [0.2, 0.25) is 0 Å². The highest BCUT2D eigenvalue weighted by molar-refractivity contribution is 5.94. The van der Waals surface area contributed by atoms with E-state index >= 15 is 0 Å². The van der Waals surface area contributed by atoms with Crippen LogP contribution in [-0.4, -0.2) is 55.9 Å². The molecule has 1 aromatic carbocycles. The molecule has 0 N–H and O–H groups in total. The van der Waals surface area contributed by atoms with E-state index in [0.29, 0.717) is 26.3 Å². The minimum atomic E-state index is -4.84. The Hall–Kier alpha value is -1.80. The Morgan fingerprint density at radius 2 is 1.88 bits per heavy atom. The van der Waals surface area contributed by atoms with Crippen LogP contribution in [-0.2, 0) is 9.53 Å². The maximum atomic E-state index is 13.1. The molecule has 1 aliphatic heterocycles. The van der Waals surface area contributed by atoms with Crippen molar-refractivity contribution in [3.63, 3.8) is 0 Å². The van der Waals surface area contributed by atoms with Crippen LogP contribution in [0.1, 0.15) is 18.0 Å². The van der Waals surface area contributed by atoms with Crippen molar-refractivity contribution >= 4 is 12.0 Å². The predicted molar refractivity (Wildman–Crippen MR) is 80.6 cm³/mol. The van der Waals surface area contributed by atoms with Crippen molar-refractivity contribution < 1.29 is 27.1 Å². The summed E-state index contributed by atoms with van der Waals surface area (Å²) in [7, 11) is 0. The van der Waals surface area contributed by atoms with Crippen molar-refractivity contribution in [2.75, 3.05) is 32.8 Å². The van der Waals surface area contributed by atoms with Crippen LogP contribution in [0.15, 0.2) is 29.3 Å². The number of ether oxygens (including phenoxy) is 1. The van der Waals surface area contributed by atoms with Crippen LogP contribution in [0.5, 0.6) is 0 Å². The molecule has 1 heterocycles. The molecule has 8 heteroatoms. The summed E-state index contributed by atoms with van der Waals surface area (Å²) >= 11 is 0. The number of ketones is 1. The molecule has 4 nitrogen and oxygen atoms in total. The maximum absolute atomic E-state index is 13.1. The summed E-state index contributed by atoms with van der Waals surface area (Å²) in [5.74, 6) is -2.19. The quantitative estimate of drug-likeness (QED) is 0.588. The van der Waals surface area contributed by atoms with Crippen LogP contribution in [0.4, 0.5) is 17.6 Å². The zero-order chi connectivity index (χ0) is 17.6. The average Bonchev–Trinajstić information content (AvgIpc) is 2.56. The van der Waals surface area contributed by atoms with Crippen molar-refractivity contribution in [3.05, 3.63) is 35.6 Å². The van der Waals surface area contributed by atoms with Gasteiger partial charge in [0.15, 0.2) is 0 Å². The van der Waals surface area contributed by atoms with Gasteiger partial charge in [0.25, 0.3) is 0 Å². The zero-order valence-electron chi connectivity index (χ0n) is 12.9. The minimum absolute atomic E-state index is 0.191. The predicted octanol–water partition coefficient (Wildman–Crippen LogP) is 2.79. The van der Waals surface area contributed by atoms with Gasteiger partial charge < -0.3 is 4.74 Å². The van der Waals surface area contributed by atoms with Gasteiger partial charge in [-0.1, -0.05) is 12.1 Å². The first-order valence-corrected chi connectivity index (χ1v) is 7.53. The van der Waals surface area contributed by atoms with Crippen molar-refractivity contribution in [1.82, 2.24) is 4.90 Å². The van der Waals surface area contributed by atoms with Gasteiger partial charge in [-0.05, 0) is 17.7 Å². The third-order valence-corrected chi connectivity index (χ3v) is 3.74. The second-order valence-corrected chi connectivity index (χ2v) is 5.39. The molecule has 0 saturated carbocycles. The molecule has 0 spiro atoms. The summed E-state index contributed by atoms with van der Waals surface area (Å²) in [4.78, 5) is 16.9. The standard InChI is InChI=1S/C16H18F4N2O2/c17-13-3-1-12(2-4-13)14(22-7-9-24-10-8-22)11-21-6-5-15(23)16(18,19)20/h1-4,6,14H,5,7-11H2/t14-/m1/s1. The highest BCUT2D eigenvalue weighted by Gasteiger charge is 2.37. The summed E-state index contributed by atoms with van der Waals surface area (Å²) in [6.07, 6.45) is -4.62. The molecule has 0 radical (unpaired) electrons. The van der Waals surface area contributed by atoms with Crippen LogP contribution < -0.4 is 0 Å². The minimum Gasteiger partial charge on any atom is -0.379 e. The second kappa shape index (κ2) is 8.34. The molecule has 1 aliphatic rings. The Bertz CT molecular complexity index is 566. The Morgan fingerprint density at radius 3 is 2.46 bits per heavy atom. The lowest BCUT2D eigenvalue weighted by molar-refractivity contribution is -0.169. The number of Topliss-reactive ketones (excluding diaryl/α,β-unsaturated/α-hetero) is 1. The lowest BCUT2D eigenvalue weighted by atomic mass is 10.0. The second-order valence-electron chi connectivity index (χ2n) is 5.39. The van der Waals surface area contributed by atoms with Gasteiger partial charge in [0.05, 0.1) is 32.2 Å². The lowest BCUT2D eigenvalue weighted by Crippen LogP contribution is -2.40. The number of rotatable bonds is 6. The fourth-order valence-corrected chi connectivity index (χ4v) is 2.44. The molecule has 0 aliphatic carbocycles. The van der Waals surface area contributed by atoms with Crippen LogP contribution in [0, 0.1) is 5.82 Å². The summed E-state index contributed by atoms with van der Waals surface area (Å²) in [6.45, 7) is 2.59. The zero-order valence-corrected chi connectivity index (χ0v) is 12.9. The Labute approximate surface area is 137 Å². The fraction of sp³-hybridized carbons (Fsp3) is 0.500. The number of alkyl halides is 3. The van der Waals surface area contributed by atoms with Gasteiger partial charge >= 0.3 is 6.18 Å². The van der Waals surface area contributed by atoms with E-state index < -0.39 is 18.4 Å². The van der Waals surface area contributed by atoms with E-state index in [4.69, 9.17) is 4.74 Å². The topological polar surface area (TPSA) is 41.9 Å². The van der Waals surface area contributed by atoms with E-state index in [2.05, 4.69) is 9.89 Å². The van der Waals surface area contributed by atoms with Crippen molar-refractivity contribution in [2.24, 2.45) is 4.99 Å². The first kappa shape index (κ1) is 18.5. The van der Waals surface area contributed by atoms with E-state index in [9.17, 15) is 22.4 Å². The number of hydrogen-bond donors (Lipinski definition) is 0. The largest absolute Gasteiger partial charge is 0.450 e. The molecule has 1 fully saturated rings. The van der Waals surface area contributed by atoms with Crippen molar-refractivity contribution in [1.29, 1.82) is 0 Å². The maximum Gasteiger partial charge on any atom is 0.450 e. The monoisotopic (exact) mass is 346 g/mol. The number of halogens is 4. The van der Waals surface area contributed by atoms with E-state index in [0.717, 1.165) is 11.8 Å². The lowest BCUT2D eigenvalue weighted by Gasteiger charge is -2.34. The number of benzene rings is 1. The van der Waals surface area contributed by atoms with Gasteiger partial charge in [-0.15, -0.1) is 0 Å². The van der Waals surface area contributed by atoms with Crippen LogP contribution >= 0.6 is 0 Å². The Morgan fingerprint density at radius 1 is 1.25 bits per heavy atom. The van der Waals surface area contributed by atoms with Gasteiger partial charge in [-0.2, -0.15) is 13.2 Å². The first-order chi connectivity index (χ1) is 11.4. The van der Waals surface area contributed by atoms with E-state index in [1.165, 1.54) is 12.1 Å². The molecule has 0 amide bonds. The molecule has 2 rings (SSSR count). The molecule has 0 aromatic heterocycles. The first-order valence-electron chi connectivity index (χ1n) is 7.53. The number of aliphatic imine (C=N–C) groups is 1. The highest BCUT2D eigenvalue weighted by Crippen LogP contribution is 2.23. The Balaban J connectivity index is 2.03. The summed E-state index contributed by atoms with van der Waals surface area (Å²) in [5, 5.41) is 0. The van der Waals surface area contributed by atoms with Crippen LogP contribution in [0.25, 0.3) is 0 Å². The smallest absolute Gasteiger partial charge is 0.379 e. The van der Waals surface area contributed by atoms with Gasteiger partial charge in [-0.25, -0.2) is 4.39 Å². The molecular formula is C16H18F4N2O2. The summed E-state index contributed by atoms with van der Waals surface area (Å²) < 4.78 is 54.9. The van der Waals surface area contributed by atoms with Crippen molar-refractivity contribution in [3.8, 4) is 0 Å². The molecule has 0 unspecified atom stereocenters. The van der Waals surface area contributed by atoms with E-state index in [1.807, 2.05) is 0 Å². The molecule has 24 heavy (non-hydrogen) atoms. The SMILES string of the molecule is O=C(CC=NC[C@H](c1ccc(F)cc1)N1CCOCC1)C(F)(F)F. The fourth-order valence-electron chi connectivity index (χ4n) is 2.44. The molecule has 0 bridgehead atoms. The van der Waals surface area contributed by atoms with E-state index in [-0.39, 0.29) is 18.4 Å². The van der Waals surface area contributed by atoms with Gasteiger partial charge in [0.2, 0.25) is 5.78 Å². The van der Waals surface area contributed by atoms with Gasteiger partial charge in [0, 0.05) is 19.3 Å². The van der Waals surface area contributed by atoms with Gasteiger partial charge in [0.1, 0.15) is 5.82 Å². The number of nitrogens with zero attached hydrogens (tertiary/aromatic N) is 2. The Kier molecular flexibility index (Phi) is 6.44. The number of morpholine rings is 1. The van der Waals surface area contributed by atoms with E-state index in [1.54, 1.807) is 12.1 Å². The van der Waals surface area contributed by atoms with Gasteiger partial charge in [-0.3, -0.25) is 14.7 Å². The molecular weight excluding hydrogens is 328 g/mol. The third kappa shape index (κ3) is 5.38. The molecule has 1 aromatic rings. The number of carbonyl (C=O) groups is 1. The number of hydrogen-bond acceptors (Lipinski definition) is 4. The summed E-state index contributed by atoms with van der Waals surface area (Å²) in [5.41, 5.74) is 0.817. The highest BCUT2D eigenvalue weighted by atomic mass is 19.4. The van der Waals surface area contributed by atoms with Crippen LogP contribution in [0.3, 0.4) is 0 Å². The molecule has 132 valence electrons.